The molecule has 0 unspecified atom stereocenters. The molecule has 0 spiro atoms. The molecule has 7 heteroatoms. The first-order valence-corrected chi connectivity index (χ1v) is 6.28. The van der Waals surface area contributed by atoms with E-state index in [0.717, 1.165) is 0 Å². The van der Waals surface area contributed by atoms with Crippen molar-refractivity contribution in [3.8, 4) is 0 Å². The number of nitrogens with zero attached hydrogens (tertiary/aromatic N) is 1. The summed E-state index contributed by atoms with van der Waals surface area (Å²) in [5.74, 6) is -0.553. The van der Waals surface area contributed by atoms with E-state index in [9.17, 15) is 4.79 Å². The van der Waals surface area contributed by atoms with Crippen LogP contribution in [-0.2, 0) is 4.74 Å². The summed E-state index contributed by atoms with van der Waals surface area (Å²) in [7, 11) is 1.27. The van der Waals surface area contributed by atoms with Crippen molar-refractivity contribution in [2.75, 3.05) is 7.11 Å². The highest BCUT2D eigenvalue weighted by Crippen LogP contribution is 2.35. The molecule has 0 atom stereocenters. The SMILES string of the molecule is COC(=O)c1c(C(Br)Br)cc(Cl)nc1Cl. The van der Waals surface area contributed by atoms with Gasteiger partial charge in [-0.2, -0.15) is 0 Å². The zero-order valence-corrected chi connectivity index (χ0v) is 12.1. The minimum Gasteiger partial charge on any atom is -0.465 e. The highest BCUT2D eigenvalue weighted by molar-refractivity contribution is 9.24. The highest BCUT2D eigenvalue weighted by Gasteiger charge is 2.21. The molecular weight excluding hydrogens is 373 g/mol. The van der Waals surface area contributed by atoms with Crippen LogP contribution in [0.15, 0.2) is 6.07 Å². The fourth-order valence-electron chi connectivity index (χ4n) is 0.978. The smallest absolute Gasteiger partial charge is 0.341 e. The summed E-state index contributed by atoms with van der Waals surface area (Å²) in [6.07, 6.45) is 0. The molecule has 15 heavy (non-hydrogen) atoms. The van der Waals surface area contributed by atoms with Gasteiger partial charge in [-0.3, -0.25) is 0 Å². The van der Waals surface area contributed by atoms with E-state index >= 15 is 0 Å². The zero-order valence-electron chi connectivity index (χ0n) is 7.43. The molecule has 1 aromatic heterocycles. The van der Waals surface area contributed by atoms with Gasteiger partial charge in [-0.05, 0) is 11.6 Å². The number of halogens is 4. The summed E-state index contributed by atoms with van der Waals surface area (Å²) in [5, 5.41) is 0.236. The minimum atomic E-state index is -0.553. The molecular formula is C8H5Br2Cl2NO2. The Kier molecular flexibility index (Phi) is 4.83. The van der Waals surface area contributed by atoms with Crippen molar-refractivity contribution in [2.24, 2.45) is 0 Å². The number of methoxy groups -OCH3 is 1. The standard InChI is InChI=1S/C8H5Br2Cl2NO2/c1-15-8(14)5-3(6(9)10)2-4(11)13-7(5)12/h2,6H,1H3. The summed E-state index contributed by atoms with van der Waals surface area (Å²) < 4.78 is 4.35. The molecule has 0 aliphatic carbocycles. The average Bonchev–Trinajstić information content (AvgIpc) is 2.15. The van der Waals surface area contributed by atoms with E-state index in [-0.39, 0.29) is 19.6 Å². The number of pyridine rings is 1. The number of rotatable bonds is 2. The quantitative estimate of drug-likeness (QED) is 0.445. The molecule has 0 saturated heterocycles. The molecule has 0 aliphatic heterocycles. The Balaban J connectivity index is 3.40. The van der Waals surface area contributed by atoms with Crippen LogP contribution in [0.1, 0.15) is 19.7 Å². The van der Waals surface area contributed by atoms with Gasteiger partial charge in [-0.1, -0.05) is 55.1 Å². The molecule has 0 aliphatic rings. The topological polar surface area (TPSA) is 39.2 Å². The number of ether oxygens (including phenoxy) is 1. The third-order valence-corrected chi connectivity index (χ3v) is 3.05. The number of aromatic nitrogens is 1. The number of esters is 1. The van der Waals surface area contributed by atoms with E-state index < -0.39 is 5.97 Å². The molecule has 3 nitrogen and oxygen atoms in total. The second-order valence-electron chi connectivity index (χ2n) is 2.49. The Morgan fingerprint density at radius 1 is 1.53 bits per heavy atom. The van der Waals surface area contributed by atoms with Gasteiger partial charge in [-0.25, -0.2) is 9.78 Å². The van der Waals surface area contributed by atoms with Gasteiger partial charge in [0.2, 0.25) is 0 Å². The van der Waals surface area contributed by atoms with Crippen LogP contribution in [0.5, 0.6) is 0 Å². The lowest BCUT2D eigenvalue weighted by Crippen LogP contribution is -2.08. The Bertz CT molecular complexity index is 398. The van der Waals surface area contributed by atoms with Gasteiger partial charge in [0.15, 0.2) is 0 Å². The van der Waals surface area contributed by atoms with Crippen LogP contribution in [0.3, 0.4) is 0 Å². The van der Waals surface area contributed by atoms with Gasteiger partial charge in [-0.15, -0.1) is 0 Å². The highest BCUT2D eigenvalue weighted by atomic mass is 79.9. The number of hydrogen-bond acceptors (Lipinski definition) is 3. The molecule has 1 heterocycles. The van der Waals surface area contributed by atoms with Crippen molar-refractivity contribution in [3.05, 3.63) is 27.5 Å². The number of carbonyl (C=O) groups excluding carboxylic acids is 1. The summed E-state index contributed by atoms with van der Waals surface area (Å²) in [6, 6.07) is 1.54. The molecule has 0 aromatic carbocycles. The first-order valence-electron chi connectivity index (χ1n) is 3.69. The maximum atomic E-state index is 11.4. The van der Waals surface area contributed by atoms with Crippen molar-refractivity contribution in [1.82, 2.24) is 4.98 Å². The van der Waals surface area contributed by atoms with Crippen LogP contribution in [0.4, 0.5) is 0 Å². The molecule has 1 rings (SSSR count). The monoisotopic (exact) mass is 375 g/mol. The molecule has 82 valence electrons. The fourth-order valence-corrected chi connectivity index (χ4v) is 2.22. The second kappa shape index (κ2) is 5.48. The predicted molar refractivity (Wildman–Crippen MR) is 66.2 cm³/mol. The molecule has 0 radical (unpaired) electrons. The van der Waals surface area contributed by atoms with Crippen molar-refractivity contribution < 1.29 is 9.53 Å². The van der Waals surface area contributed by atoms with Crippen LogP contribution >= 0.6 is 55.1 Å². The zero-order chi connectivity index (χ0) is 11.6. The van der Waals surface area contributed by atoms with E-state index in [0.29, 0.717) is 5.56 Å². The predicted octanol–water partition coefficient (Wildman–Crippen LogP) is 3.96. The molecule has 0 saturated carbocycles. The maximum absolute atomic E-state index is 11.4. The molecule has 0 N–H and O–H groups in total. The third-order valence-electron chi connectivity index (χ3n) is 1.60. The lowest BCUT2D eigenvalue weighted by Gasteiger charge is -2.10. The summed E-state index contributed by atoms with van der Waals surface area (Å²) in [6.45, 7) is 0. The summed E-state index contributed by atoms with van der Waals surface area (Å²) >= 11 is 18.1. The number of alkyl halides is 2. The average molecular weight is 378 g/mol. The number of hydrogen-bond donors (Lipinski definition) is 0. The van der Waals surface area contributed by atoms with Crippen LogP contribution in [0.2, 0.25) is 10.3 Å². The van der Waals surface area contributed by atoms with Gasteiger partial charge in [0.05, 0.1) is 10.8 Å². The second-order valence-corrected chi connectivity index (χ2v) is 6.30. The van der Waals surface area contributed by atoms with Crippen LogP contribution in [0, 0.1) is 0 Å². The summed E-state index contributed by atoms with van der Waals surface area (Å²) in [4.78, 5) is 15.2. The largest absolute Gasteiger partial charge is 0.465 e. The van der Waals surface area contributed by atoms with E-state index in [4.69, 9.17) is 23.2 Å². The Morgan fingerprint density at radius 3 is 2.60 bits per heavy atom. The first kappa shape index (κ1) is 13.2. The maximum Gasteiger partial charge on any atom is 0.341 e. The summed E-state index contributed by atoms with van der Waals surface area (Å²) in [5.41, 5.74) is 0.772. The van der Waals surface area contributed by atoms with Gasteiger partial charge >= 0.3 is 5.97 Å². The van der Waals surface area contributed by atoms with Crippen molar-refractivity contribution in [2.45, 2.75) is 3.74 Å². The van der Waals surface area contributed by atoms with E-state index in [1.807, 2.05) is 0 Å². The van der Waals surface area contributed by atoms with Gasteiger partial charge in [0, 0.05) is 0 Å². The fraction of sp³-hybridized carbons (Fsp3) is 0.250. The molecule has 1 aromatic rings. The Hall–Kier alpha value is 0.160. The third kappa shape index (κ3) is 3.06. The molecule has 0 fully saturated rings. The van der Waals surface area contributed by atoms with E-state index in [1.165, 1.54) is 13.2 Å². The van der Waals surface area contributed by atoms with Gasteiger partial charge in [0.25, 0.3) is 0 Å². The Morgan fingerprint density at radius 2 is 2.13 bits per heavy atom. The number of carbonyl (C=O) groups is 1. The first-order chi connectivity index (χ1) is 6.97. The van der Waals surface area contributed by atoms with E-state index in [2.05, 4.69) is 41.6 Å². The lowest BCUT2D eigenvalue weighted by molar-refractivity contribution is 0.0599. The van der Waals surface area contributed by atoms with Crippen molar-refractivity contribution >= 4 is 61.0 Å². The normalized spacial score (nSPS) is 10.5. The van der Waals surface area contributed by atoms with E-state index in [1.54, 1.807) is 0 Å². The Labute approximate surface area is 113 Å². The minimum absolute atomic E-state index is 0.0215. The van der Waals surface area contributed by atoms with Gasteiger partial charge < -0.3 is 4.74 Å². The molecule has 0 bridgehead atoms. The van der Waals surface area contributed by atoms with Crippen molar-refractivity contribution in [1.29, 1.82) is 0 Å². The van der Waals surface area contributed by atoms with Crippen LogP contribution in [-0.4, -0.2) is 18.1 Å². The van der Waals surface area contributed by atoms with Crippen LogP contribution in [0.25, 0.3) is 0 Å². The van der Waals surface area contributed by atoms with Crippen molar-refractivity contribution in [3.63, 3.8) is 0 Å². The van der Waals surface area contributed by atoms with Crippen LogP contribution < -0.4 is 0 Å². The molecule has 0 amide bonds. The lowest BCUT2D eigenvalue weighted by atomic mass is 10.1. The van der Waals surface area contributed by atoms with Gasteiger partial charge in [0.1, 0.15) is 15.9 Å².